The van der Waals surface area contributed by atoms with Gasteiger partial charge in [-0.1, -0.05) is 36.4 Å². The fourth-order valence-electron chi connectivity index (χ4n) is 1.96. The van der Waals surface area contributed by atoms with Gasteiger partial charge in [0.05, 0.1) is 11.4 Å². The minimum atomic E-state index is 0.837. The van der Waals surface area contributed by atoms with Crippen LogP contribution < -0.4 is 10.6 Å². The van der Waals surface area contributed by atoms with Gasteiger partial charge in [-0.2, -0.15) is 0 Å². The molecule has 0 atom stereocenters. The Balaban J connectivity index is 2.17. The summed E-state index contributed by atoms with van der Waals surface area (Å²) in [5, 5.41) is 0. The lowest BCUT2D eigenvalue weighted by molar-refractivity contribution is 0.924. The Bertz CT molecular complexity index is 492. The molecule has 2 aromatic carbocycles. The molecule has 0 saturated heterocycles. The quantitative estimate of drug-likeness (QED) is 0.814. The van der Waals surface area contributed by atoms with Crippen molar-refractivity contribution in [3.8, 4) is 0 Å². The van der Waals surface area contributed by atoms with Gasteiger partial charge in [0.15, 0.2) is 0 Å². The number of nitrogen functional groups attached to an aromatic ring is 1. The first-order chi connectivity index (χ1) is 8.16. The lowest BCUT2D eigenvalue weighted by Gasteiger charge is -2.21. The van der Waals surface area contributed by atoms with Crippen LogP contribution in [-0.2, 0) is 6.54 Å². The molecule has 0 unspecified atom stereocenters. The van der Waals surface area contributed by atoms with Gasteiger partial charge >= 0.3 is 0 Å². The fraction of sp³-hybridized carbons (Fsp3) is 0.200. The minimum Gasteiger partial charge on any atom is -0.397 e. The van der Waals surface area contributed by atoms with Gasteiger partial charge in [-0.3, -0.25) is 0 Å². The first-order valence-electron chi connectivity index (χ1n) is 5.78. The molecule has 2 nitrogen and oxygen atoms in total. The predicted octanol–water partition coefficient (Wildman–Crippen LogP) is 3.21. The van der Waals surface area contributed by atoms with Crippen LogP contribution in [0.15, 0.2) is 48.5 Å². The third-order valence-electron chi connectivity index (χ3n) is 2.86. The molecular formula is C15H18N2. The highest BCUT2D eigenvalue weighted by atomic mass is 15.1. The molecule has 0 spiro atoms. The monoisotopic (exact) mass is 226 g/mol. The second-order valence-electron chi connectivity index (χ2n) is 4.40. The lowest BCUT2D eigenvalue weighted by Crippen LogP contribution is -2.17. The smallest absolute Gasteiger partial charge is 0.0600 e. The number of aryl methyl sites for hydroxylation is 1. The van der Waals surface area contributed by atoms with Crippen LogP contribution in [0.5, 0.6) is 0 Å². The minimum absolute atomic E-state index is 0.837. The van der Waals surface area contributed by atoms with Crippen LogP contribution in [0.2, 0.25) is 0 Å². The molecule has 0 heterocycles. The molecular weight excluding hydrogens is 208 g/mol. The zero-order valence-electron chi connectivity index (χ0n) is 10.4. The molecule has 2 aromatic rings. The van der Waals surface area contributed by atoms with E-state index in [9.17, 15) is 0 Å². The third-order valence-corrected chi connectivity index (χ3v) is 2.86. The van der Waals surface area contributed by atoms with Crippen molar-refractivity contribution >= 4 is 11.4 Å². The summed E-state index contributed by atoms with van der Waals surface area (Å²) in [6.07, 6.45) is 0. The number of hydrogen-bond acceptors (Lipinski definition) is 2. The summed E-state index contributed by atoms with van der Waals surface area (Å²) in [5.41, 5.74) is 10.4. The van der Waals surface area contributed by atoms with E-state index >= 15 is 0 Å². The van der Waals surface area contributed by atoms with Crippen molar-refractivity contribution in [2.75, 3.05) is 17.7 Å². The van der Waals surface area contributed by atoms with E-state index in [-0.39, 0.29) is 0 Å². The van der Waals surface area contributed by atoms with Crippen molar-refractivity contribution in [2.45, 2.75) is 13.5 Å². The maximum Gasteiger partial charge on any atom is 0.0600 e. The van der Waals surface area contributed by atoms with E-state index in [2.05, 4.69) is 55.3 Å². The largest absolute Gasteiger partial charge is 0.397 e. The maximum atomic E-state index is 6.03. The predicted molar refractivity (Wildman–Crippen MR) is 74.1 cm³/mol. The van der Waals surface area contributed by atoms with Gasteiger partial charge in [0.2, 0.25) is 0 Å². The van der Waals surface area contributed by atoms with Crippen LogP contribution in [0.25, 0.3) is 0 Å². The number of rotatable bonds is 3. The average Bonchev–Trinajstić information content (AvgIpc) is 2.30. The number of anilines is 2. The second kappa shape index (κ2) is 4.91. The van der Waals surface area contributed by atoms with Crippen molar-refractivity contribution < 1.29 is 0 Å². The topological polar surface area (TPSA) is 29.3 Å². The number of nitrogens with zero attached hydrogens (tertiary/aromatic N) is 1. The maximum absolute atomic E-state index is 6.03. The van der Waals surface area contributed by atoms with Gasteiger partial charge in [0, 0.05) is 13.6 Å². The molecule has 0 amide bonds. The standard InChI is InChI=1S/C15H18N2/c1-12-8-9-15(14(16)10-12)17(2)11-13-6-4-3-5-7-13/h3-10H,11,16H2,1-2H3. The van der Waals surface area contributed by atoms with Crippen molar-refractivity contribution in [2.24, 2.45) is 0 Å². The molecule has 0 aromatic heterocycles. The third kappa shape index (κ3) is 2.78. The molecule has 0 aliphatic heterocycles. The highest BCUT2D eigenvalue weighted by Gasteiger charge is 2.05. The molecule has 2 heteroatoms. The van der Waals surface area contributed by atoms with Crippen LogP contribution in [0, 0.1) is 6.92 Å². The van der Waals surface area contributed by atoms with Crippen molar-refractivity contribution in [3.63, 3.8) is 0 Å². The first-order valence-corrected chi connectivity index (χ1v) is 5.78. The molecule has 88 valence electrons. The van der Waals surface area contributed by atoms with Gasteiger partial charge in [0.25, 0.3) is 0 Å². The second-order valence-corrected chi connectivity index (χ2v) is 4.40. The fourth-order valence-corrected chi connectivity index (χ4v) is 1.96. The van der Waals surface area contributed by atoms with E-state index in [4.69, 9.17) is 5.73 Å². The van der Waals surface area contributed by atoms with Crippen LogP contribution in [0.4, 0.5) is 11.4 Å². The van der Waals surface area contributed by atoms with E-state index in [1.165, 1.54) is 11.1 Å². The summed E-state index contributed by atoms with van der Waals surface area (Å²) in [5.74, 6) is 0. The summed E-state index contributed by atoms with van der Waals surface area (Å²) >= 11 is 0. The summed E-state index contributed by atoms with van der Waals surface area (Å²) in [6.45, 7) is 2.92. The molecule has 17 heavy (non-hydrogen) atoms. The van der Waals surface area contributed by atoms with Crippen LogP contribution in [0.3, 0.4) is 0 Å². The summed E-state index contributed by atoms with van der Waals surface area (Å²) in [6, 6.07) is 16.6. The van der Waals surface area contributed by atoms with Crippen molar-refractivity contribution in [1.82, 2.24) is 0 Å². The zero-order valence-corrected chi connectivity index (χ0v) is 10.4. The first kappa shape index (κ1) is 11.5. The highest BCUT2D eigenvalue weighted by molar-refractivity contribution is 5.68. The van der Waals surface area contributed by atoms with E-state index in [0.29, 0.717) is 0 Å². The Morgan fingerprint density at radius 1 is 1.06 bits per heavy atom. The Labute approximate surface area is 103 Å². The number of nitrogens with two attached hydrogens (primary N) is 1. The van der Waals surface area contributed by atoms with Crippen molar-refractivity contribution in [1.29, 1.82) is 0 Å². The van der Waals surface area contributed by atoms with Crippen LogP contribution in [-0.4, -0.2) is 7.05 Å². The summed E-state index contributed by atoms with van der Waals surface area (Å²) < 4.78 is 0. The summed E-state index contributed by atoms with van der Waals surface area (Å²) in [7, 11) is 2.06. The molecule has 2 N–H and O–H groups in total. The number of hydrogen-bond donors (Lipinski definition) is 1. The molecule has 0 radical (unpaired) electrons. The lowest BCUT2D eigenvalue weighted by atomic mass is 10.1. The normalized spacial score (nSPS) is 10.2. The molecule has 2 rings (SSSR count). The Kier molecular flexibility index (Phi) is 3.33. The SMILES string of the molecule is Cc1ccc(N(C)Cc2ccccc2)c(N)c1. The van der Waals surface area contributed by atoms with E-state index in [1.54, 1.807) is 0 Å². The molecule has 0 aliphatic rings. The van der Waals surface area contributed by atoms with E-state index in [0.717, 1.165) is 17.9 Å². The van der Waals surface area contributed by atoms with E-state index < -0.39 is 0 Å². The van der Waals surface area contributed by atoms with Crippen LogP contribution >= 0.6 is 0 Å². The Hall–Kier alpha value is -1.96. The molecule has 0 fully saturated rings. The molecule has 0 aliphatic carbocycles. The molecule has 0 bridgehead atoms. The average molecular weight is 226 g/mol. The van der Waals surface area contributed by atoms with Crippen LogP contribution in [0.1, 0.15) is 11.1 Å². The van der Waals surface area contributed by atoms with Crippen molar-refractivity contribution in [3.05, 3.63) is 59.7 Å². The molecule has 0 saturated carbocycles. The zero-order chi connectivity index (χ0) is 12.3. The van der Waals surface area contributed by atoms with E-state index in [1.807, 2.05) is 12.1 Å². The van der Waals surface area contributed by atoms with Gasteiger partial charge < -0.3 is 10.6 Å². The summed E-state index contributed by atoms with van der Waals surface area (Å²) in [4.78, 5) is 2.17. The van der Waals surface area contributed by atoms with Gasteiger partial charge in [0.1, 0.15) is 0 Å². The highest BCUT2D eigenvalue weighted by Crippen LogP contribution is 2.24. The number of benzene rings is 2. The van der Waals surface area contributed by atoms with Gasteiger partial charge in [-0.05, 0) is 30.2 Å². The van der Waals surface area contributed by atoms with Gasteiger partial charge in [-0.15, -0.1) is 0 Å². The van der Waals surface area contributed by atoms with Gasteiger partial charge in [-0.25, -0.2) is 0 Å². The Morgan fingerprint density at radius 2 is 1.76 bits per heavy atom. The Morgan fingerprint density at radius 3 is 2.41 bits per heavy atom.